The fourth-order valence-corrected chi connectivity index (χ4v) is 2.34. The zero-order chi connectivity index (χ0) is 15.9. The van der Waals surface area contributed by atoms with E-state index in [2.05, 4.69) is 10.4 Å². The molecule has 7 heteroatoms. The molecule has 1 saturated carbocycles. The van der Waals surface area contributed by atoms with Gasteiger partial charge in [0.1, 0.15) is 0 Å². The second-order valence-electron chi connectivity index (χ2n) is 5.49. The number of carbonyl (C=O) groups excluding carboxylic acids is 1. The molecule has 0 aliphatic heterocycles. The van der Waals surface area contributed by atoms with E-state index in [0.29, 0.717) is 5.69 Å². The minimum absolute atomic E-state index is 0.114. The van der Waals surface area contributed by atoms with Crippen LogP contribution >= 0.6 is 0 Å². The highest BCUT2D eigenvalue weighted by Gasteiger charge is 2.39. The summed E-state index contributed by atoms with van der Waals surface area (Å²) in [6.07, 6.45) is -0.568. The Labute approximate surface area is 124 Å². The summed E-state index contributed by atoms with van der Waals surface area (Å²) >= 11 is 0. The van der Waals surface area contributed by atoms with Crippen LogP contribution in [-0.2, 0) is 11.0 Å². The van der Waals surface area contributed by atoms with Gasteiger partial charge in [0.25, 0.3) is 0 Å². The predicted molar refractivity (Wildman–Crippen MR) is 74.5 cm³/mol. The number of hydrogen-bond acceptors (Lipinski definition) is 2. The van der Waals surface area contributed by atoms with Gasteiger partial charge in [-0.2, -0.15) is 18.3 Å². The van der Waals surface area contributed by atoms with Gasteiger partial charge in [-0.25, -0.2) is 4.68 Å². The van der Waals surface area contributed by atoms with Crippen LogP contribution in [0.4, 0.5) is 18.9 Å². The first-order chi connectivity index (χ1) is 10.4. The molecule has 116 valence electrons. The summed E-state index contributed by atoms with van der Waals surface area (Å²) in [5, 5.41) is 6.61. The van der Waals surface area contributed by atoms with Crippen molar-refractivity contribution in [3.05, 3.63) is 42.2 Å². The fourth-order valence-electron chi connectivity index (χ4n) is 2.34. The molecule has 0 spiro atoms. The Kier molecular flexibility index (Phi) is 3.42. The Bertz CT molecular complexity index is 695. The number of rotatable bonds is 3. The topological polar surface area (TPSA) is 46.9 Å². The number of amides is 1. The third kappa shape index (κ3) is 2.84. The molecular weight excluding hydrogens is 295 g/mol. The number of hydrogen-bond donors (Lipinski definition) is 1. The third-order valence-electron chi connectivity index (χ3n) is 3.78. The van der Waals surface area contributed by atoms with Gasteiger partial charge >= 0.3 is 6.18 Å². The van der Waals surface area contributed by atoms with Crippen LogP contribution in [-0.4, -0.2) is 15.7 Å². The van der Waals surface area contributed by atoms with Crippen molar-refractivity contribution in [2.45, 2.75) is 19.5 Å². The predicted octanol–water partition coefficient (Wildman–Crippen LogP) is 3.49. The molecule has 1 heterocycles. The number of nitrogens with one attached hydrogen (secondary N) is 1. The van der Waals surface area contributed by atoms with Crippen LogP contribution in [0.1, 0.15) is 18.9 Å². The lowest BCUT2D eigenvalue weighted by atomic mass is 10.1. The summed E-state index contributed by atoms with van der Waals surface area (Å²) < 4.78 is 40.1. The quantitative estimate of drug-likeness (QED) is 0.943. The molecule has 1 N–H and O–H groups in total. The molecule has 0 unspecified atom stereocenters. The summed E-state index contributed by atoms with van der Waals surface area (Å²) in [4.78, 5) is 12.0. The Balaban J connectivity index is 1.97. The van der Waals surface area contributed by atoms with Crippen LogP contribution in [0.3, 0.4) is 0 Å². The SMILES string of the molecule is C[C@@H]1C[C@H]1C(=O)Nc1cc(C(F)(F)F)ccc1-n1cccn1. The zero-order valence-electron chi connectivity index (χ0n) is 11.8. The van der Waals surface area contributed by atoms with Gasteiger partial charge in [0, 0.05) is 18.3 Å². The van der Waals surface area contributed by atoms with Gasteiger partial charge in [-0.15, -0.1) is 0 Å². The lowest BCUT2D eigenvalue weighted by Gasteiger charge is -2.14. The van der Waals surface area contributed by atoms with Crippen LogP contribution < -0.4 is 5.32 Å². The lowest BCUT2D eigenvalue weighted by molar-refractivity contribution is -0.137. The molecule has 22 heavy (non-hydrogen) atoms. The molecule has 1 aliphatic rings. The standard InChI is InChI=1S/C15H14F3N3O/c1-9-7-11(9)14(22)20-12-8-10(15(16,17)18)3-4-13(12)21-6-2-5-19-21/h2-6,8-9,11H,7H2,1H3,(H,20,22)/t9-,11-/m1/s1. The molecule has 1 fully saturated rings. The van der Waals surface area contributed by atoms with Crippen LogP contribution in [0.25, 0.3) is 5.69 Å². The average molecular weight is 309 g/mol. The molecule has 0 radical (unpaired) electrons. The maximum absolute atomic E-state index is 12.9. The number of halogens is 3. The first-order valence-electron chi connectivity index (χ1n) is 6.88. The Morgan fingerprint density at radius 3 is 2.68 bits per heavy atom. The largest absolute Gasteiger partial charge is 0.416 e. The van der Waals surface area contributed by atoms with Gasteiger partial charge in [0.05, 0.1) is 16.9 Å². The van der Waals surface area contributed by atoms with Crippen molar-refractivity contribution in [2.24, 2.45) is 11.8 Å². The Hall–Kier alpha value is -2.31. The van der Waals surface area contributed by atoms with E-state index in [0.717, 1.165) is 18.6 Å². The maximum atomic E-state index is 12.9. The van der Waals surface area contributed by atoms with Crippen LogP contribution in [0.15, 0.2) is 36.7 Å². The molecule has 2 aromatic rings. The van der Waals surface area contributed by atoms with Gasteiger partial charge in [-0.3, -0.25) is 4.79 Å². The van der Waals surface area contributed by atoms with Gasteiger partial charge in [0.2, 0.25) is 5.91 Å². The summed E-state index contributed by atoms with van der Waals surface area (Å²) in [7, 11) is 0. The number of carbonyl (C=O) groups is 1. The maximum Gasteiger partial charge on any atom is 0.416 e. The van der Waals surface area contributed by atoms with Crippen molar-refractivity contribution in [3.63, 3.8) is 0 Å². The van der Waals surface area contributed by atoms with E-state index in [1.54, 1.807) is 12.3 Å². The molecule has 1 aromatic carbocycles. The number of aromatic nitrogens is 2. The second-order valence-corrected chi connectivity index (χ2v) is 5.49. The van der Waals surface area contributed by atoms with Crippen LogP contribution in [0.5, 0.6) is 0 Å². The van der Waals surface area contributed by atoms with Crippen molar-refractivity contribution in [1.29, 1.82) is 0 Å². The highest BCUT2D eigenvalue weighted by atomic mass is 19.4. The molecule has 1 aromatic heterocycles. The molecule has 3 rings (SSSR count). The smallest absolute Gasteiger partial charge is 0.324 e. The van der Waals surface area contributed by atoms with E-state index in [1.807, 2.05) is 6.92 Å². The highest BCUT2D eigenvalue weighted by Crippen LogP contribution is 2.39. The first-order valence-corrected chi connectivity index (χ1v) is 6.88. The van der Waals surface area contributed by atoms with Crippen LogP contribution in [0, 0.1) is 11.8 Å². The zero-order valence-corrected chi connectivity index (χ0v) is 11.8. The molecule has 0 saturated heterocycles. The monoisotopic (exact) mass is 309 g/mol. The van der Waals surface area contributed by atoms with E-state index in [1.165, 1.54) is 16.9 Å². The van der Waals surface area contributed by atoms with Crippen molar-refractivity contribution in [3.8, 4) is 5.69 Å². The van der Waals surface area contributed by atoms with E-state index >= 15 is 0 Å². The second kappa shape index (κ2) is 5.15. The summed E-state index contributed by atoms with van der Waals surface area (Å²) in [5.74, 6) is -0.0980. The summed E-state index contributed by atoms with van der Waals surface area (Å²) in [6.45, 7) is 1.94. The summed E-state index contributed by atoms with van der Waals surface area (Å²) in [6, 6.07) is 4.89. The van der Waals surface area contributed by atoms with Crippen LogP contribution in [0.2, 0.25) is 0 Å². The Morgan fingerprint density at radius 2 is 2.14 bits per heavy atom. The average Bonchev–Trinajstić information content (AvgIpc) is 2.97. The number of benzene rings is 1. The number of alkyl halides is 3. The third-order valence-corrected chi connectivity index (χ3v) is 3.78. The molecule has 2 atom stereocenters. The number of nitrogens with zero attached hydrogens (tertiary/aromatic N) is 2. The Morgan fingerprint density at radius 1 is 1.41 bits per heavy atom. The molecule has 1 aliphatic carbocycles. The minimum Gasteiger partial charge on any atom is -0.324 e. The minimum atomic E-state index is -4.46. The van der Waals surface area contributed by atoms with Gasteiger partial charge in [-0.05, 0) is 36.6 Å². The summed E-state index contributed by atoms with van der Waals surface area (Å²) in [5.41, 5.74) is -0.287. The first kappa shape index (κ1) is 14.6. The van der Waals surface area contributed by atoms with Crippen molar-refractivity contribution >= 4 is 11.6 Å². The highest BCUT2D eigenvalue weighted by molar-refractivity contribution is 5.96. The molecule has 4 nitrogen and oxygen atoms in total. The van der Waals surface area contributed by atoms with E-state index < -0.39 is 11.7 Å². The molecular formula is C15H14F3N3O. The normalized spacial score (nSPS) is 20.7. The van der Waals surface area contributed by atoms with E-state index in [4.69, 9.17) is 0 Å². The van der Waals surface area contributed by atoms with Gasteiger partial charge in [0.15, 0.2) is 0 Å². The van der Waals surface area contributed by atoms with E-state index in [-0.39, 0.29) is 23.4 Å². The number of anilines is 1. The van der Waals surface area contributed by atoms with Gasteiger partial charge in [-0.1, -0.05) is 6.92 Å². The lowest BCUT2D eigenvalue weighted by Crippen LogP contribution is -2.17. The molecule has 1 amide bonds. The van der Waals surface area contributed by atoms with Gasteiger partial charge < -0.3 is 5.32 Å². The fraction of sp³-hybridized carbons (Fsp3) is 0.333. The van der Waals surface area contributed by atoms with Crippen molar-refractivity contribution in [1.82, 2.24) is 9.78 Å². The van der Waals surface area contributed by atoms with Crippen molar-refractivity contribution < 1.29 is 18.0 Å². The molecule has 0 bridgehead atoms. The van der Waals surface area contributed by atoms with Crippen molar-refractivity contribution in [2.75, 3.05) is 5.32 Å². The van der Waals surface area contributed by atoms with E-state index in [9.17, 15) is 18.0 Å².